The quantitative estimate of drug-likeness (QED) is 0.645. The molecule has 3 aromatic rings. The summed E-state index contributed by atoms with van der Waals surface area (Å²) in [7, 11) is 0. The van der Waals surface area contributed by atoms with Crippen molar-refractivity contribution in [3.05, 3.63) is 64.3 Å². The molecule has 1 aliphatic heterocycles. The van der Waals surface area contributed by atoms with E-state index in [0.29, 0.717) is 36.9 Å². The summed E-state index contributed by atoms with van der Waals surface area (Å²) >= 11 is 0. The van der Waals surface area contributed by atoms with Crippen molar-refractivity contribution in [2.24, 2.45) is 5.92 Å². The van der Waals surface area contributed by atoms with Gasteiger partial charge >= 0.3 is 0 Å². The molecule has 0 spiro atoms. The van der Waals surface area contributed by atoms with Crippen molar-refractivity contribution in [2.75, 3.05) is 13.1 Å². The van der Waals surface area contributed by atoms with Gasteiger partial charge in [-0.1, -0.05) is 5.16 Å². The van der Waals surface area contributed by atoms with Gasteiger partial charge in [-0.25, -0.2) is 4.98 Å². The summed E-state index contributed by atoms with van der Waals surface area (Å²) in [6.45, 7) is 1.95. The molecule has 5 rings (SSSR count). The molecule has 0 N–H and O–H groups in total. The van der Waals surface area contributed by atoms with Gasteiger partial charge in [-0.05, 0) is 50.2 Å². The maximum Gasteiger partial charge on any atom is 0.276 e. The highest BCUT2D eigenvalue weighted by Crippen LogP contribution is 2.27. The van der Waals surface area contributed by atoms with Crippen molar-refractivity contribution < 1.29 is 9.32 Å². The van der Waals surface area contributed by atoms with Crippen molar-refractivity contribution in [3.8, 4) is 11.3 Å². The number of pyridine rings is 1. The first-order valence-corrected chi connectivity index (χ1v) is 10.9. The molecule has 31 heavy (non-hydrogen) atoms. The van der Waals surface area contributed by atoms with Gasteiger partial charge in [-0.15, -0.1) is 0 Å². The van der Waals surface area contributed by atoms with Crippen molar-refractivity contribution in [2.45, 2.75) is 45.1 Å². The van der Waals surface area contributed by atoms with Gasteiger partial charge in [0, 0.05) is 55.6 Å². The summed E-state index contributed by atoms with van der Waals surface area (Å²) in [6, 6.07) is 5.27. The fourth-order valence-electron chi connectivity index (χ4n) is 4.53. The fourth-order valence-corrected chi connectivity index (χ4v) is 4.53. The molecule has 1 aliphatic carbocycles. The predicted octanol–water partition coefficient (Wildman–Crippen LogP) is 2.72. The maximum absolute atomic E-state index is 13.0. The standard InChI is InChI=1S/C23H25N5O3/c29-21-12-19(17-4-3-9-24-13-17)25-15-28(21)14-16-7-10-27(11-8-16)23(30)22-18-5-1-2-6-20(18)31-26-22/h3-4,9,12-13,15-16H,1-2,5-8,10-11,14H2. The van der Waals surface area contributed by atoms with Gasteiger partial charge in [0.25, 0.3) is 11.5 Å². The van der Waals surface area contributed by atoms with E-state index in [4.69, 9.17) is 4.52 Å². The van der Waals surface area contributed by atoms with E-state index in [1.807, 2.05) is 17.0 Å². The van der Waals surface area contributed by atoms with E-state index < -0.39 is 0 Å². The first kappa shape index (κ1) is 19.7. The van der Waals surface area contributed by atoms with Gasteiger partial charge in [-0.3, -0.25) is 19.1 Å². The number of likely N-dealkylation sites (tertiary alicyclic amines) is 1. The minimum absolute atomic E-state index is 0.0231. The smallest absolute Gasteiger partial charge is 0.276 e. The molecule has 4 heterocycles. The Hall–Kier alpha value is -3.29. The number of carbonyl (C=O) groups excluding carboxylic acids is 1. The van der Waals surface area contributed by atoms with Gasteiger partial charge < -0.3 is 9.42 Å². The molecule has 0 atom stereocenters. The molecule has 0 bridgehead atoms. The molecule has 1 fully saturated rings. The van der Waals surface area contributed by atoms with E-state index >= 15 is 0 Å². The first-order chi connectivity index (χ1) is 15.2. The van der Waals surface area contributed by atoms with Crippen LogP contribution in [-0.4, -0.2) is 43.6 Å². The largest absolute Gasteiger partial charge is 0.360 e. The van der Waals surface area contributed by atoms with Crippen LogP contribution in [-0.2, 0) is 19.4 Å². The summed E-state index contributed by atoms with van der Waals surface area (Å²) in [6.07, 6.45) is 10.6. The Bertz CT molecular complexity index is 1130. The molecule has 0 unspecified atom stereocenters. The number of aryl methyl sites for hydroxylation is 1. The van der Waals surface area contributed by atoms with Crippen molar-refractivity contribution in [1.82, 2.24) is 24.6 Å². The summed E-state index contributed by atoms with van der Waals surface area (Å²) < 4.78 is 7.07. The topological polar surface area (TPSA) is 94.1 Å². The molecule has 1 amide bonds. The molecule has 8 heteroatoms. The zero-order valence-corrected chi connectivity index (χ0v) is 17.4. The van der Waals surface area contributed by atoms with Gasteiger partial charge in [0.05, 0.1) is 12.0 Å². The molecule has 0 aromatic carbocycles. The van der Waals surface area contributed by atoms with Crippen LogP contribution in [0.3, 0.4) is 0 Å². The minimum Gasteiger partial charge on any atom is -0.360 e. The van der Waals surface area contributed by atoms with Crippen LogP contribution in [0.5, 0.6) is 0 Å². The Labute approximate surface area is 179 Å². The summed E-state index contributed by atoms with van der Waals surface area (Å²) in [5, 5.41) is 4.08. The number of piperidine rings is 1. The summed E-state index contributed by atoms with van der Waals surface area (Å²) in [4.78, 5) is 35.9. The molecule has 0 radical (unpaired) electrons. The number of carbonyl (C=O) groups is 1. The second-order valence-corrected chi connectivity index (χ2v) is 8.38. The number of nitrogens with zero attached hydrogens (tertiary/aromatic N) is 5. The van der Waals surface area contributed by atoms with E-state index in [2.05, 4.69) is 15.1 Å². The maximum atomic E-state index is 13.0. The van der Waals surface area contributed by atoms with E-state index in [9.17, 15) is 9.59 Å². The fraction of sp³-hybridized carbons (Fsp3) is 0.435. The number of hydrogen-bond acceptors (Lipinski definition) is 6. The van der Waals surface area contributed by atoms with E-state index in [1.165, 1.54) is 0 Å². The normalized spacial score (nSPS) is 16.8. The second-order valence-electron chi connectivity index (χ2n) is 8.38. The lowest BCUT2D eigenvalue weighted by molar-refractivity contribution is 0.0671. The van der Waals surface area contributed by atoms with E-state index in [-0.39, 0.29) is 11.5 Å². The Balaban J connectivity index is 1.21. The first-order valence-electron chi connectivity index (χ1n) is 10.9. The molecule has 160 valence electrons. The van der Waals surface area contributed by atoms with Crippen molar-refractivity contribution in [3.63, 3.8) is 0 Å². The van der Waals surface area contributed by atoms with Gasteiger partial charge in [-0.2, -0.15) is 0 Å². The highest BCUT2D eigenvalue weighted by Gasteiger charge is 2.30. The van der Waals surface area contributed by atoms with Crippen LogP contribution in [0, 0.1) is 5.92 Å². The number of hydrogen-bond donors (Lipinski definition) is 0. The van der Waals surface area contributed by atoms with Crippen molar-refractivity contribution in [1.29, 1.82) is 0 Å². The van der Waals surface area contributed by atoms with E-state index in [1.54, 1.807) is 29.4 Å². The van der Waals surface area contributed by atoms with Gasteiger partial charge in [0.1, 0.15) is 5.76 Å². The Morgan fingerprint density at radius 1 is 1.19 bits per heavy atom. The molecule has 0 saturated carbocycles. The van der Waals surface area contributed by atoms with Crippen molar-refractivity contribution >= 4 is 5.91 Å². The Morgan fingerprint density at radius 3 is 2.81 bits per heavy atom. The highest BCUT2D eigenvalue weighted by atomic mass is 16.5. The number of aromatic nitrogens is 4. The zero-order valence-electron chi connectivity index (χ0n) is 17.4. The second kappa shape index (κ2) is 8.45. The number of amides is 1. The minimum atomic E-state index is -0.0680. The predicted molar refractivity (Wildman–Crippen MR) is 114 cm³/mol. The third-order valence-corrected chi connectivity index (χ3v) is 6.35. The molecular formula is C23H25N5O3. The monoisotopic (exact) mass is 419 g/mol. The van der Waals surface area contributed by atoms with Crippen LogP contribution in [0.4, 0.5) is 0 Å². The third kappa shape index (κ3) is 4.02. The van der Waals surface area contributed by atoms with Crippen LogP contribution in [0.1, 0.15) is 47.5 Å². The third-order valence-electron chi connectivity index (χ3n) is 6.35. The lowest BCUT2D eigenvalue weighted by atomic mass is 9.94. The van der Waals surface area contributed by atoms with Crippen LogP contribution in [0.15, 0.2) is 46.2 Å². The lowest BCUT2D eigenvalue weighted by Gasteiger charge is -2.32. The van der Waals surface area contributed by atoms with Gasteiger partial charge in [0.2, 0.25) is 0 Å². The van der Waals surface area contributed by atoms with Crippen LogP contribution < -0.4 is 5.56 Å². The zero-order chi connectivity index (χ0) is 21.2. The highest BCUT2D eigenvalue weighted by molar-refractivity contribution is 5.94. The van der Waals surface area contributed by atoms with Crippen LogP contribution >= 0.6 is 0 Å². The molecule has 1 saturated heterocycles. The molecule has 2 aliphatic rings. The average molecular weight is 419 g/mol. The number of rotatable bonds is 4. The lowest BCUT2D eigenvalue weighted by Crippen LogP contribution is -2.40. The Kier molecular flexibility index (Phi) is 5.36. The SMILES string of the molecule is O=C(c1noc2c1CCCC2)N1CCC(Cn2cnc(-c3cccnc3)cc2=O)CC1. The molecule has 8 nitrogen and oxygen atoms in total. The van der Waals surface area contributed by atoms with Crippen LogP contribution in [0.2, 0.25) is 0 Å². The van der Waals surface area contributed by atoms with Gasteiger partial charge in [0.15, 0.2) is 5.69 Å². The van der Waals surface area contributed by atoms with Crippen LogP contribution in [0.25, 0.3) is 11.3 Å². The Morgan fingerprint density at radius 2 is 2.03 bits per heavy atom. The van der Waals surface area contributed by atoms with E-state index in [0.717, 1.165) is 55.4 Å². The summed E-state index contributed by atoms with van der Waals surface area (Å²) in [5.41, 5.74) is 2.89. The molecular weight excluding hydrogens is 394 g/mol. The number of fused-ring (bicyclic) bond motifs is 1. The summed E-state index contributed by atoms with van der Waals surface area (Å²) in [5.74, 6) is 1.19. The molecule has 3 aromatic heterocycles. The average Bonchev–Trinajstić information content (AvgIpc) is 3.25.